The van der Waals surface area contributed by atoms with Gasteiger partial charge in [-0.1, -0.05) is 26.0 Å². The fourth-order valence-electron chi connectivity index (χ4n) is 2.54. The minimum Gasteiger partial charge on any atom is -0.357 e. The van der Waals surface area contributed by atoms with Crippen LogP contribution in [0.25, 0.3) is 0 Å². The van der Waals surface area contributed by atoms with Crippen molar-refractivity contribution in [3.8, 4) is 0 Å². The number of nitrogens with zero attached hydrogens (tertiary/aromatic N) is 2. The first kappa shape index (κ1) is 26.6. The van der Waals surface area contributed by atoms with Crippen LogP contribution in [0.1, 0.15) is 49.5 Å². The van der Waals surface area contributed by atoms with Gasteiger partial charge in [0.15, 0.2) is 5.96 Å². The summed E-state index contributed by atoms with van der Waals surface area (Å²) in [4.78, 5) is 18.9. The molecule has 1 rings (SSSR count). The van der Waals surface area contributed by atoms with Crippen molar-refractivity contribution in [2.75, 3.05) is 40.3 Å². The largest absolute Gasteiger partial charge is 0.357 e. The minimum absolute atomic E-state index is 0. The Morgan fingerprint density at radius 1 is 1.14 bits per heavy atom. The van der Waals surface area contributed by atoms with E-state index in [0.29, 0.717) is 18.7 Å². The van der Waals surface area contributed by atoms with E-state index in [9.17, 15) is 4.79 Å². The number of likely N-dealkylation sites (N-methyl/N-ethyl adjacent to an activating group) is 1. The molecule has 0 unspecified atom stereocenters. The maximum absolute atomic E-state index is 12.3. The summed E-state index contributed by atoms with van der Waals surface area (Å²) in [5.41, 5.74) is 1.70. The van der Waals surface area contributed by atoms with Crippen LogP contribution in [0, 0.1) is 5.92 Å². The van der Waals surface area contributed by atoms with E-state index in [-0.39, 0.29) is 29.9 Å². The van der Waals surface area contributed by atoms with Crippen molar-refractivity contribution in [1.29, 1.82) is 0 Å². The highest BCUT2D eigenvalue weighted by atomic mass is 127. The highest BCUT2D eigenvalue weighted by Gasteiger charge is 2.06. The van der Waals surface area contributed by atoms with E-state index in [1.54, 1.807) is 0 Å². The molecule has 0 radical (unpaired) electrons. The molecule has 7 heteroatoms. The molecular weight excluding hydrogens is 465 g/mol. The van der Waals surface area contributed by atoms with E-state index in [0.717, 1.165) is 43.5 Å². The summed E-state index contributed by atoms with van der Waals surface area (Å²) in [6, 6.07) is 7.67. The molecule has 0 aromatic heterocycles. The Labute approximate surface area is 188 Å². The fraction of sp³-hybridized carbons (Fsp3) is 0.619. The van der Waals surface area contributed by atoms with E-state index in [1.807, 2.05) is 43.3 Å². The number of amides is 1. The van der Waals surface area contributed by atoms with Crippen LogP contribution in [-0.4, -0.2) is 57.0 Å². The molecule has 28 heavy (non-hydrogen) atoms. The van der Waals surface area contributed by atoms with Crippen molar-refractivity contribution >= 4 is 35.8 Å². The number of benzene rings is 1. The fourth-order valence-corrected chi connectivity index (χ4v) is 2.54. The lowest BCUT2D eigenvalue weighted by Crippen LogP contribution is -2.37. The van der Waals surface area contributed by atoms with E-state index < -0.39 is 0 Å². The molecule has 6 nitrogen and oxygen atoms in total. The average Bonchev–Trinajstić information content (AvgIpc) is 2.62. The van der Waals surface area contributed by atoms with Crippen molar-refractivity contribution in [2.45, 2.75) is 40.2 Å². The number of aliphatic imine (C=N–C) groups is 1. The van der Waals surface area contributed by atoms with Crippen molar-refractivity contribution in [1.82, 2.24) is 20.9 Å². The number of nitrogens with one attached hydrogen (secondary N) is 3. The molecule has 1 aromatic rings. The van der Waals surface area contributed by atoms with Gasteiger partial charge in [0.05, 0.1) is 6.54 Å². The molecule has 0 bridgehead atoms. The van der Waals surface area contributed by atoms with Crippen LogP contribution >= 0.6 is 24.0 Å². The minimum atomic E-state index is -0.0404. The summed E-state index contributed by atoms with van der Waals surface area (Å²) in [5, 5.41) is 9.59. The van der Waals surface area contributed by atoms with Gasteiger partial charge in [0, 0.05) is 31.7 Å². The molecule has 1 aromatic carbocycles. The first-order valence-corrected chi connectivity index (χ1v) is 9.96. The summed E-state index contributed by atoms with van der Waals surface area (Å²) in [5.74, 6) is 1.50. The van der Waals surface area contributed by atoms with Gasteiger partial charge in [0.2, 0.25) is 0 Å². The van der Waals surface area contributed by atoms with Crippen LogP contribution in [0.5, 0.6) is 0 Å². The second-order valence-electron chi connectivity index (χ2n) is 7.42. The Morgan fingerprint density at radius 3 is 2.54 bits per heavy atom. The summed E-state index contributed by atoms with van der Waals surface area (Å²) in [7, 11) is 3.98. The molecule has 0 atom stereocenters. The van der Waals surface area contributed by atoms with Crippen LogP contribution in [-0.2, 0) is 6.54 Å². The highest BCUT2D eigenvalue weighted by Crippen LogP contribution is 2.07. The van der Waals surface area contributed by atoms with E-state index in [4.69, 9.17) is 0 Å². The third kappa shape index (κ3) is 12.2. The summed E-state index contributed by atoms with van der Waals surface area (Å²) >= 11 is 0. The van der Waals surface area contributed by atoms with Gasteiger partial charge in [-0.05, 0) is 57.5 Å². The molecule has 0 saturated carbocycles. The molecule has 1 amide bonds. The standard InChI is InChI=1S/C21H37N5O.HI/c1-6-22-21(24-12-8-9-17(2)3)25-16-18-10-7-11-19(15-18)20(27)23-13-14-26(4)5;/h7,10-11,15,17H,6,8-9,12-14,16H2,1-5H3,(H,23,27)(H2,22,24,25);1H. The average molecular weight is 503 g/mol. The van der Waals surface area contributed by atoms with Gasteiger partial charge >= 0.3 is 0 Å². The van der Waals surface area contributed by atoms with Gasteiger partial charge in [-0.15, -0.1) is 24.0 Å². The van der Waals surface area contributed by atoms with Gasteiger partial charge in [0.25, 0.3) is 5.91 Å². The number of hydrogen-bond acceptors (Lipinski definition) is 3. The van der Waals surface area contributed by atoms with Gasteiger partial charge < -0.3 is 20.9 Å². The Balaban J connectivity index is 0.00000729. The third-order valence-corrected chi connectivity index (χ3v) is 4.05. The quantitative estimate of drug-likeness (QED) is 0.188. The first-order valence-electron chi connectivity index (χ1n) is 9.96. The molecular formula is C21H38IN5O. The Bertz CT molecular complexity index is 590. The normalized spacial score (nSPS) is 11.3. The number of halogens is 1. The third-order valence-electron chi connectivity index (χ3n) is 4.05. The SMILES string of the molecule is CCNC(=NCc1cccc(C(=O)NCCN(C)C)c1)NCCCC(C)C.I. The Morgan fingerprint density at radius 2 is 1.89 bits per heavy atom. The number of carbonyl (C=O) groups excluding carboxylic acids is 1. The zero-order valence-electron chi connectivity index (χ0n) is 18.0. The summed E-state index contributed by atoms with van der Waals surface area (Å²) in [6.07, 6.45) is 2.34. The molecule has 0 saturated heterocycles. The maximum atomic E-state index is 12.3. The summed E-state index contributed by atoms with van der Waals surface area (Å²) in [6.45, 7) is 10.3. The van der Waals surface area contributed by atoms with E-state index >= 15 is 0 Å². The zero-order chi connectivity index (χ0) is 20.1. The topological polar surface area (TPSA) is 68.8 Å². The van der Waals surface area contributed by atoms with Crippen LogP contribution < -0.4 is 16.0 Å². The lowest BCUT2D eigenvalue weighted by molar-refractivity contribution is 0.0951. The van der Waals surface area contributed by atoms with Gasteiger partial charge in [-0.25, -0.2) is 4.99 Å². The lowest BCUT2D eigenvalue weighted by Gasteiger charge is -2.12. The predicted molar refractivity (Wildman–Crippen MR) is 130 cm³/mol. The van der Waals surface area contributed by atoms with Gasteiger partial charge in [-0.2, -0.15) is 0 Å². The van der Waals surface area contributed by atoms with Crippen LogP contribution in [0.2, 0.25) is 0 Å². The summed E-state index contributed by atoms with van der Waals surface area (Å²) < 4.78 is 0. The monoisotopic (exact) mass is 503 g/mol. The molecule has 0 spiro atoms. The Hall–Kier alpha value is -1.35. The highest BCUT2D eigenvalue weighted by molar-refractivity contribution is 14.0. The van der Waals surface area contributed by atoms with Crippen LogP contribution in [0.15, 0.2) is 29.3 Å². The van der Waals surface area contributed by atoms with Crippen LogP contribution in [0.4, 0.5) is 0 Å². The second-order valence-corrected chi connectivity index (χ2v) is 7.42. The molecule has 0 fully saturated rings. The van der Waals surface area contributed by atoms with Crippen molar-refractivity contribution in [3.05, 3.63) is 35.4 Å². The zero-order valence-corrected chi connectivity index (χ0v) is 20.4. The molecule has 0 heterocycles. The Kier molecular flexibility index (Phi) is 14.8. The predicted octanol–water partition coefficient (Wildman–Crippen LogP) is 3.09. The molecule has 0 aliphatic heterocycles. The molecule has 160 valence electrons. The van der Waals surface area contributed by atoms with Crippen LogP contribution in [0.3, 0.4) is 0 Å². The second kappa shape index (κ2) is 15.6. The number of rotatable bonds is 11. The lowest BCUT2D eigenvalue weighted by atomic mass is 10.1. The van der Waals surface area contributed by atoms with E-state index in [1.165, 1.54) is 6.42 Å². The number of carbonyl (C=O) groups is 1. The molecule has 3 N–H and O–H groups in total. The van der Waals surface area contributed by atoms with E-state index in [2.05, 4.69) is 41.7 Å². The van der Waals surface area contributed by atoms with Gasteiger partial charge in [0.1, 0.15) is 0 Å². The number of guanidine groups is 1. The number of hydrogen-bond donors (Lipinski definition) is 3. The smallest absolute Gasteiger partial charge is 0.251 e. The van der Waals surface area contributed by atoms with Crippen molar-refractivity contribution < 1.29 is 4.79 Å². The molecule has 0 aliphatic rings. The van der Waals surface area contributed by atoms with Crippen molar-refractivity contribution in [2.24, 2.45) is 10.9 Å². The van der Waals surface area contributed by atoms with Crippen molar-refractivity contribution in [3.63, 3.8) is 0 Å². The molecule has 0 aliphatic carbocycles. The maximum Gasteiger partial charge on any atom is 0.251 e. The van der Waals surface area contributed by atoms with Gasteiger partial charge in [-0.3, -0.25) is 4.79 Å². The first-order chi connectivity index (χ1) is 12.9.